The highest BCUT2D eigenvalue weighted by molar-refractivity contribution is 8.15. The molecule has 0 aromatic rings. The van der Waals surface area contributed by atoms with Crippen molar-refractivity contribution >= 4 is 45.6 Å². The van der Waals surface area contributed by atoms with Crippen molar-refractivity contribution in [2.45, 2.75) is 38.5 Å². The molecule has 0 aromatic carbocycles. The summed E-state index contributed by atoms with van der Waals surface area (Å²) in [6.45, 7) is 5.72. The molecule has 0 aliphatic rings. The number of thioether (sulfide) groups is 2. The number of aliphatic carboxylic acids is 1. The standard InChI is InChI=1S/C11H17NO5S2/c1-6(13)18-5-8(9(15)16)12-10(17)11(3,4)19-7(2)14/h8H,5H2,1-4H3,(H,12,17)(H,15,16)/t8-/m0/s1. The highest BCUT2D eigenvalue weighted by Gasteiger charge is 2.33. The number of rotatable bonds is 6. The van der Waals surface area contributed by atoms with E-state index in [0.717, 1.165) is 23.5 Å². The largest absolute Gasteiger partial charge is 0.480 e. The van der Waals surface area contributed by atoms with Crippen molar-refractivity contribution < 1.29 is 24.3 Å². The molecule has 8 heteroatoms. The lowest BCUT2D eigenvalue weighted by atomic mass is 10.2. The lowest BCUT2D eigenvalue weighted by Crippen LogP contribution is -2.49. The lowest BCUT2D eigenvalue weighted by molar-refractivity contribution is -0.141. The fourth-order valence-electron chi connectivity index (χ4n) is 1.11. The van der Waals surface area contributed by atoms with Gasteiger partial charge in [0.1, 0.15) is 6.04 Å². The first-order chi connectivity index (χ1) is 8.56. The van der Waals surface area contributed by atoms with E-state index in [1.807, 2.05) is 0 Å². The third-order valence-corrected chi connectivity index (χ3v) is 3.89. The monoisotopic (exact) mass is 307 g/mol. The van der Waals surface area contributed by atoms with E-state index in [1.54, 1.807) is 0 Å². The average Bonchev–Trinajstić information content (AvgIpc) is 2.20. The van der Waals surface area contributed by atoms with Gasteiger partial charge >= 0.3 is 5.97 Å². The van der Waals surface area contributed by atoms with Crippen molar-refractivity contribution in [2.24, 2.45) is 0 Å². The zero-order valence-electron chi connectivity index (χ0n) is 11.2. The van der Waals surface area contributed by atoms with Crippen LogP contribution in [0.3, 0.4) is 0 Å². The number of carbonyl (C=O) groups excluding carboxylic acids is 3. The minimum absolute atomic E-state index is 0.0444. The van der Waals surface area contributed by atoms with E-state index in [9.17, 15) is 19.2 Å². The summed E-state index contributed by atoms with van der Waals surface area (Å²) in [5.74, 6) is -1.81. The SMILES string of the molecule is CC(=O)SC[C@H](NC(=O)C(C)(C)SC(C)=O)C(=O)O. The van der Waals surface area contributed by atoms with Gasteiger partial charge in [0.2, 0.25) is 5.91 Å². The molecule has 19 heavy (non-hydrogen) atoms. The molecular weight excluding hydrogens is 290 g/mol. The van der Waals surface area contributed by atoms with Crippen molar-refractivity contribution in [3.63, 3.8) is 0 Å². The van der Waals surface area contributed by atoms with E-state index < -0.39 is 22.7 Å². The van der Waals surface area contributed by atoms with Crippen LogP contribution in [0.1, 0.15) is 27.7 Å². The molecule has 0 saturated heterocycles. The maximum absolute atomic E-state index is 11.9. The molecule has 0 aromatic heterocycles. The molecule has 1 atom stereocenters. The third-order valence-electron chi connectivity index (χ3n) is 2.00. The number of carbonyl (C=O) groups is 4. The van der Waals surface area contributed by atoms with Gasteiger partial charge in [-0.3, -0.25) is 14.4 Å². The van der Waals surface area contributed by atoms with Crippen LogP contribution in [0.15, 0.2) is 0 Å². The summed E-state index contributed by atoms with van der Waals surface area (Å²) in [6.07, 6.45) is 0. The number of nitrogens with one attached hydrogen (secondary N) is 1. The van der Waals surface area contributed by atoms with Gasteiger partial charge in [-0.05, 0) is 13.8 Å². The number of amides is 1. The van der Waals surface area contributed by atoms with E-state index in [4.69, 9.17) is 5.11 Å². The number of hydrogen-bond acceptors (Lipinski definition) is 6. The minimum atomic E-state index is -1.22. The Morgan fingerprint density at radius 3 is 2.05 bits per heavy atom. The fourth-order valence-corrected chi connectivity index (χ4v) is 2.61. The number of hydrogen-bond donors (Lipinski definition) is 2. The predicted molar refractivity (Wildman–Crippen MR) is 75.1 cm³/mol. The van der Waals surface area contributed by atoms with Crippen LogP contribution in [-0.2, 0) is 19.2 Å². The topological polar surface area (TPSA) is 101 Å². The Hall–Kier alpha value is -1.02. The number of carboxylic acid groups (broad SMARTS) is 1. The molecule has 0 saturated carbocycles. The Bertz CT molecular complexity index is 395. The summed E-state index contributed by atoms with van der Waals surface area (Å²) in [6, 6.07) is -1.16. The second-order valence-corrected chi connectivity index (χ2v) is 7.27. The first-order valence-corrected chi connectivity index (χ1v) is 7.23. The van der Waals surface area contributed by atoms with Gasteiger partial charge in [0.25, 0.3) is 0 Å². The zero-order chi connectivity index (χ0) is 15.2. The fraction of sp³-hybridized carbons (Fsp3) is 0.636. The maximum Gasteiger partial charge on any atom is 0.327 e. The molecule has 0 rings (SSSR count). The first-order valence-electron chi connectivity index (χ1n) is 5.43. The molecule has 0 fully saturated rings. The van der Waals surface area contributed by atoms with Crippen molar-refractivity contribution in [1.82, 2.24) is 5.32 Å². The highest BCUT2D eigenvalue weighted by atomic mass is 32.2. The van der Waals surface area contributed by atoms with Crippen LogP contribution >= 0.6 is 23.5 Å². The summed E-state index contributed by atoms with van der Waals surface area (Å²) in [4.78, 5) is 44.7. The quantitative estimate of drug-likeness (QED) is 0.751. The highest BCUT2D eigenvalue weighted by Crippen LogP contribution is 2.25. The first kappa shape index (κ1) is 18.0. The van der Waals surface area contributed by atoms with Crippen LogP contribution in [0.4, 0.5) is 0 Å². The van der Waals surface area contributed by atoms with Gasteiger partial charge in [-0.15, -0.1) is 0 Å². The molecule has 108 valence electrons. The summed E-state index contributed by atoms with van der Waals surface area (Å²) in [5, 5.41) is 10.8. The summed E-state index contributed by atoms with van der Waals surface area (Å²) >= 11 is 1.65. The molecule has 0 radical (unpaired) electrons. The summed E-state index contributed by atoms with van der Waals surface area (Å²) in [7, 11) is 0. The smallest absolute Gasteiger partial charge is 0.327 e. The Kier molecular flexibility index (Phi) is 7.14. The zero-order valence-corrected chi connectivity index (χ0v) is 12.8. The van der Waals surface area contributed by atoms with E-state index in [2.05, 4.69) is 5.32 Å². The molecular formula is C11H17NO5S2. The Morgan fingerprint density at radius 1 is 1.16 bits per heavy atom. The molecule has 0 spiro atoms. The number of carboxylic acids is 1. The van der Waals surface area contributed by atoms with Gasteiger partial charge in [-0.2, -0.15) is 0 Å². The molecule has 0 heterocycles. The molecule has 0 aliphatic carbocycles. The third kappa shape index (κ3) is 7.22. The Labute approximate surface area is 120 Å². The summed E-state index contributed by atoms with van der Waals surface area (Å²) in [5.41, 5.74) is 0. The Morgan fingerprint density at radius 2 is 1.68 bits per heavy atom. The van der Waals surface area contributed by atoms with Gasteiger partial charge in [0, 0.05) is 19.6 Å². The molecule has 1 amide bonds. The van der Waals surface area contributed by atoms with Crippen molar-refractivity contribution in [3.05, 3.63) is 0 Å². The van der Waals surface area contributed by atoms with Crippen LogP contribution in [0.5, 0.6) is 0 Å². The maximum atomic E-state index is 11.9. The van der Waals surface area contributed by atoms with Gasteiger partial charge in [-0.1, -0.05) is 23.5 Å². The van der Waals surface area contributed by atoms with Gasteiger partial charge < -0.3 is 10.4 Å². The lowest BCUT2D eigenvalue weighted by Gasteiger charge is -2.23. The van der Waals surface area contributed by atoms with Crippen LogP contribution in [-0.4, -0.2) is 43.8 Å². The van der Waals surface area contributed by atoms with Crippen LogP contribution < -0.4 is 5.32 Å². The van der Waals surface area contributed by atoms with Crippen LogP contribution in [0.25, 0.3) is 0 Å². The van der Waals surface area contributed by atoms with Gasteiger partial charge in [0.15, 0.2) is 10.2 Å². The van der Waals surface area contributed by atoms with Crippen molar-refractivity contribution in [3.8, 4) is 0 Å². The normalized spacial score (nSPS) is 12.6. The molecule has 0 aliphatic heterocycles. The van der Waals surface area contributed by atoms with E-state index >= 15 is 0 Å². The van der Waals surface area contributed by atoms with Crippen molar-refractivity contribution in [2.75, 3.05) is 5.75 Å². The van der Waals surface area contributed by atoms with E-state index in [-0.39, 0.29) is 16.0 Å². The predicted octanol–water partition coefficient (Wildman–Crippen LogP) is 0.894. The molecule has 0 unspecified atom stereocenters. The van der Waals surface area contributed by atoms with Gasteiger partial charge in [0.05, 0.1) is 4.75 Å². The average molecular weight is 307 g/mol. The van der Waals surface area contributed by atoms with Crippen LogP contribution in [0.2, 0.25) is 0 Å². The summed E-state index contributed by atoms with van der Waals surface area (Å²) < 4.78 is -1.06. The Balaban J connectivity index is 4.66. The molecule has 6 nitrogen and oxygen atoms in total. The second-order valence-electron chi connectivity index (χ2n) is 4.27. The van der Waals surface area contributed by atoms with Gasteiger partial charge in [-0.25, -0.2) is 4.79 Å². The second kappa shape index (κ2) is 7.54. The van der Waals surface area contributed by atoms with Crippen molar-refractivity contribution in [1.29, 1.82) is 0 Å². The van der Waals surface area contributed by atoms with E-state index in [1.165, 1.54) is 27.7 Å². The van der Waals surface area contributed by atoms with Crippen LogP contribution in [0, 0.1) is 0 Å². The molecule has 2 N–H and O–H groups in total. The van der Waals surface area contributed by atoms with E-state index in [0.29, 0.717) is 0 Å². The minimum Gasteiger partial charge on any atom is -0.480 e. The molecule has 0 bridgehead atoms.